The summed E-state index contributed by atoms with van der Waals surface area (Å²) in [6.07, 6.45) is 8.08. The summed E-state index contributed by atoms with van der Waals surface area (Å²) >= 11 is 3.58. The molecule has 9 nitrogen and oxygen atoms in total. The molecule has 36 heavy (non-hydrogen) atoms. The van der Waals surface area contributed by atoms with E-state index in [0.29, 0.717) is 30.4 Å². The van der Waals surface area contributed by atoms with Gasteiger partial charge in [0, 0.05) is 48.0 Å². The van der Waals surface area contributed by atoms with Gasteiger partial charge in [-0.2, -0.15) is 0 Å². The molecule has 1 fully saturated rings. The van der Waals surface area contributed by atoms with Crippen molar-refractivity contribution in [3.05, 3.63) is 77.8 Å². The number of piperidine rings is 1. The minimum atomic E-state index is -0.330. The lowest BCUT2D eigenvalue weighted by molar-refractivity contribution is -0.111. The third-order valence-electron chi connectivity index (χ3n) is 6.07. The van der Waals surface area contributed by atoms with Crippen LogP contribution in [0.25, 0.3) is 22.2 Å². The Morgan fingerprint density at radius 2 is 2.03 bits per heavy atom. The number of anilines is 2. The summed E-state index contributed by atoms with van der Waals surface area (Å²) in [7, 11) is 0. The normalized spacial score (nSPS) is 15.5. The quantitative estimate of drug-likeness (QED) is 0.304. The summed E-state index contributed by atoms with van der Waals surface area (Å²) < 4.78 is 0.803. The molecule has 0 aliphatic carbocycles. The van der Waals surface area contributed by atoms with Crippen LogP contribution in [0.15, 0.2) is 72.1 Å². The van der Waals surface area contributed by atoms with Gasteiger partial charge < -0.3 is 20.5 Å². The molecule has 182 valence electrons. The number of amides is 2. The first-order valence-corrected chi connectivity index (χ1v) is 12.4. The van der Waals surface area contributed by atoms with Crippen molar-refractivity contribution in [2.24, 2.45) is 0 Å². The van der Waals surface area contributed by atoms with E-state index in [2.05, 4.69) is 54.2 Å². The van der Waals surface area contributed by atoms with Crippen LogP contribution < -0.4 is 10.6 Å². The van der Waals surface area contributed by atoms with Crippen LogP contribution in [0.1, 0.15) is 23.3 Å². The van der Waals surface area contributed by atoms with Crippen LogP contribution in [0.3, 0.4) is 0 Å². The monoisotopic (exact) mass is 545 g/mol. The number of nitrogens with zero attached hydrogens (tertiary/aromatic N) is 4. The van der Waals surface area contributed by atoms with Crippen molar-refractivity contribution < 1.29 is 9.59 Å². The Labute approximate surface area is 216 Å². The third-order valence-corrected chi connectivity index (χ3v) is 6.65. The van der Waals surface area contributed by atoms with Gasteiger partial charge in [-0.15, -0.1) is 0 Å². The second-order valence-electron chi connectivity index (χ2n) is 8.50. The molecule has 1 aromatic carbocycles. The van der Waals surface area contributed by atoms with Gasteiger partial charge >= 0.3 is 0 Å². The molecule has 3 N–H and O–H groups in total. The number of pyridine rings is 1. The van der Waals surface area contributed by atoms with E-state index in [0.717, 1.165) is 39.5 Å². The smallest absolute Gasteiger partial charge is 0.272 e. The highest BCUT2D eigenvalue weighted by Gasteiger charge is 2.26. The minimum Gasteiger partial charge on any atom is -0.360 e. The van der Waals surface area contributed by atoms with Crippen LogP contribution in [0.2, 0.25) is 0 Å². The molecule has 0 unspecified atom stereocenters. The SMILES string of the molecule is C=CC(=O)Nc1ccc(C(=O)N2CCC[C@@H](Nc3ncc(Br)c(-c4c[nH]c5ccccc45)n3)C2)nc1. The van der Waals surface area contributed by atoms with Gasteiger partial charge in [0.15, 0.2) is 0 Å². The Kier molecular flexibility index (Phi) is 6.77. The maximum atomic E-state index is 13.1. The number of rotatable bonds is 6. The predicted molar refractivity (Wildman–Crippen MR) is 143 cm³/mol. The average molecular weight is 546 g/mol. The van der Waals surface area contributed by atoms with Gasteiger partial charge in [0.25, 0.3) is 5.91 Å². The lowest BCUT2D eigenvalue weighted by Gasteiger charge is -2.33. The van der Waals surface area contributed by atoms with Gasteiger partial charge in [-0.1, -0.05) is 24.8 Å². The van der Waals surface area contributed by atoms with E-state index in [1.807, 2.05) is 24.4 Å². The lowest BCUT2D eigenvalue weighted by Crippen LogP contribution is -2.45. The van der Waals surface area contributed by atoms with Crippen molar-refractivity contribution in [3.8, 4) is 11.3 Å². The van der Waals surface area contributed by atoms with E-state index in [1.165, 1.54) is 12.3 Å². The molecule has 4 aromatic rings. The molecule has 1 atom stereocenters. The third kappa shape index (κ3) is 4.99. The zero-order valence-corrected chi connectivity index (χ0v) is 21.0. The number of carbonyl (C=O) groups is 2. The fraction of sp³-hybridized carbons (Fsp3) is 0.192. The van der Waals surface area contributed by atoms with Crippen LogP contribution in [-0.4, -0.2) is 55.8 Å². The number of hydrogen-bond acceptors (Lipinski definition) is 6. The maximum absolute atomic E-state index is 13.1. The van der Waals surface area contributed by atoms with Gasteiger partial charge in [-0.3, -0.25) is 9.59 Å². The number of H-pyrrole nitrogens is 1. The molecule has 4 heterocycles. The van der Waals surface area contributed by atoms with Crippen LogP contribution in [0.5, 0.6) is 0 Å². The van der Waals surface area contributed by atoms with E-state index in [1.54, 1.807) is 23.2 Å². The molecule has 0 bridgehead atoms. The fourth-order valence-electron chi connectivity index (χ4n) is 4.30. The predicted octanol–water partition coefficient (Wildman–Crippen LogP) is 4.62. The topological polar surface area (TPSA) is 116 Å². The highest BCUT2D eigenvalue weighted by atomic mass is 79.9. The molecule has 2 amide bonds. The Bertz CT molecular complexity index is 1430. The summed E-state index contributed by atoms with van der Waals surface area (Å²) in [6, 6.07) is 11.4. The second-order valence-corrected chi connectivity index (χ2v) is 9.35. The van der Waals surface area contributed by atoms with Crippen LogP contribution >= 0.6 is 15.9 Å². The van der Waals surface area contributed by atoms with Gasteiger partial charge in [0.2, 0.25) is 11.9 Å². The summed E-state index contributed by atoms with van der Waals surface area (Å²) in [4.78, 5) is 43.0. The van der Waals surface area contributed by atoms with Crippen LogP contribution in [0, 0.1) is 0 Å². The molecular formula is C26H24BrN7O2. The molecule has 1 aliphatic heterocycles. The van der Waals surface area contributed by atoms with E-state index in [4.69, 9.17) is 4.98 Å². The van der Waals surface area contributed by atoms with Gasteiger partial charge in [0.05, 0.1) is 22.1 Å². The second kappa shape index (κ2) is 10.3. The zero-order chi connectivity index (χ0) is 25.1. The van der Waals surface area contributed by atoms with Gasteiger partial charge in [0.1, 0.15) is 5.69 Å². The number of aromatic nitrogens is 4. The molecular weight excluding hydrogens is 522 g/mol. The molecule has 5 rings (SSSR count). The standard InChI is InChI=1S/C26H24BrN7O2/c1-2-23(35)31-16-9-10-22(28-12-16)25(36)34-11-5-6-17(15-34)32-26-30-14-20(27)24(33-26)19-13-29-21-8-4-3-7-18(19)21/h2-4,7-10,12-14,17,29H,1,5-6,11,15H2,(H,31,35)(H,30,32,33)/t17-/m1/s1. The van der Waals surface area contributed by atoms with Crippen LogP contribution in [0.4, 0.5) is 11.6 Å². The summed E-state index contributed by atoms with van der Waals surface area (Å²) in [5.41, 5.74) is 3.66. The van der Waals surface area contributed by atoms with Crippen molar-refractivity contribution in [2.75, 3.05) is 23.7 Å². The first-order valence-electron chi connectivity index (χ1n) is 11.6. The molecule has 0 spiro atoms. The van der Waals surface area contributed by atoms with Crippen molar-refractivity contribution in [1.82, 2.24) is 24.8 Å². The van der Waals surface area contributed by atoms with E-state index in [9.17, 15) is 9.59 Å². The number of para-hydroxylation sites is 1. The number of halogens is 1. The minimum absolute atomic E-state index is 0.00541. The van der Waals surface area contributed by atoms with Crippen LogP contribution in [-0.2, 0) is 4.79 Å². The number of aromatic amines is 1. The summed E-state index contributed by atoms with van der Waals surface area (Å²) in [5.74, 6) is 0.0290. The average Bonchev–Trinajstić information content (AvgIpc) is 3.34. The molecule has 10 heteroatoms. The van der Waals surface area contributed by atoms with Crippen molar-refractivity contribution in [1.29, 1.82) is 0 Å². The highest BCUT2D eigenvalue weighted by Crippen LogP contribution is 2.32. The zero-order valence-electron chi connectivity index (χ0n) is 19.4. The lowest BCUT2D eigenvalue weighted by atomic mass is 10.1. The van der Waals surface area contributed by atoms with Crippen molar-refractivity contribution >= 4 is 50.3 Å². The summed E-state index contributed by atoms with van der Waals surface area (Å²) in [5, 5.41) is 7.12. The van der Waals surface area contributed by atoms with E-state index in [-0.39, 0.29) is 17.9 Å². The van der Waals surface area contributed by atoms with Gasteiger partial charge in [-0.05, 0) is 53.0 Å². The Balaban J connectivity index is 1.28. The Hall–Kier alpha value is -4.05. The first kappa shape index (κ1) is 23.7. The van der Waals surface area contributed by atoms with E-state index < -0.39 is 0 Å². The summed E-state index contributed by atoms with van der Waals surface area (Å²) in [6.45, 7) is 4.58. The molecule has 3 aromatic heterocycles. The number of likely N-dealkylation sites (tertiary alicyclic amines) is 1. The maximum Gasteiger partial charge on any atom is 0.272 e. The Morgan fingerprint density at radius 3 is 2.83 bits per heavy atom. The molecule has 1 aliphatic rings. The van der Waals surface area contributed by atoms with E-state index >= 15 is 0 Å². The largest absolute Gasteiger partial charge is 0.360 e. The Morgan fingerprint density at radius 1 is 1.17 bits per heavy atom. The molecule has 1 saturated heterocycles. The first-order chi connectivity index (χ1) is 17.5. The highest BCUT2D eigenvalue weighted by molar-refractivity contribution is 9.10. The number of fused-ring (bicyclic) bond motifs is 1. The molecule has 0 saturated carbocycles. The fourth-order valence-corrected chi connectivity index (χ4v) is 4.71. The number of benzene rings is 1. The number of nitrogens with one attached hydrogen (secondary N) is 3. The number of hydrogen-bond donors (Lipinski definition) is 3. The molecule has 0 radical (unpaired) electrons. The van der Waals surface area contributed by atoms with Crippen molar-refractivity contribution in [3.63, 3.8) is 0 Å². The van der Waals surface area contributed by atoms with Gasteiger partial charge in [-0.25, -0.2) is 15.0 Å². The number of carbonyl (C=O) groups excluding carboxylic acids is 2. The van der Waals surface area contributed by atoms with Crippen molar-refractivity contribution in [2.45, 2.75) is 18.9 Å².